The molecule has 0 aromatic rings. The quantitative estimate of drug-likeness (QED) is 0.605. The van der Waals surface area contributed by atoms with Crippen molar-refractivity contribution in [3.63, 3.8) is 0 Å². The van der Waals surface area contributed by atoms with E-state index in [1.165, 1.54) is 0 Å². The Balaban J connectivity index is 2.67. The lowest BCUT2D eigenvalue weighted by Crippen LogP contribution is -2.40. The van der Waals surface area contributed by atoms with Crippen LogP contribution in [0.25, 0.3) is 0 Å². The molecular formula is C8H16O2. The second-order valence-corrected chi connectivity index (χ2v) is 3.93. The van der Waals surface area contributed by atoms with Gasteiger partial charge in [0.2, 0.25) is 0 Å². The molecule has 1 fully saturated rings. The summed E-state index contributed by atoms with van der Waals surface area (Å²) in [5.41, 5.74) is -0.922. The molecule has 1 saturated carbocycles. The molecule has 60 valence electrons. The Morgan fingerprint density at radius 1 is 1.40 bits per heavy atom. The summed E-state index contributed by atoms with van der Waals surface area (Å²) in [5, 5.41) is 19.0. The summed E-state index contributed by atoms with van der Waals surface area (Å²) in [5.74, 6) is 0. The normalized spacial score (nSPS) is 26.1. The molecular weight excluding hydrogens is 128 g/mol. The van der Waals surface area contributed by atoms with E-state index in [4.69, 9.17) is 0 Å². The van der Waals surface area contributed by atoms with Crippen LogP contribution in [0.2, 0.25) is 0 Å². The maximum absolute atomic E-state index is 9.67. The summed E-state index contributed by atoms with van der Waals surface area (Å²) in [6.07, 6.45) is 1.25. The Bertz CT molecular complexity index is 134. The molecule has 0 amide bonds. The number of hydrogen-bond donors (Lipinski definition) is 2. The lowest BCUT2D eigenvalue weighted by Gasteiger charge is -2.33. The molecule has 1 aliphatic carbocycles. The van der Waals surface area contributed by atoms with Crippen LogP contribution < -0.4 is 0 Å². The third kappa shape index (κ3) is 0.956. The minimum Gasteiger partial charge on any atom is -0.393 e. The van der Waals surface area contributed by atoms with Gasteiger partial charge in [-0.25, -0.2) is 0 Å². The summed E-state index contributed by atoms with van der Waals surface area (Å²) < 4.78 is 0. The highest BCUT2D eigenvalue weighted by molar-refractivity contribution is 5.06. The molecule has 0 heterocycles. The molecule has 1 aliphatic rings. The van der Waals surface area contributed by atoms with Crippen molar-refractivity contribution in [2.75, 3.05) is 0 Å². The predicted octanol–water partition coefficient (Wildman–Crippen LogP) is 0.918. The molecule has 0 spiro atoms. The molecule has 0 aromatic carbocycles. The van der Waals surface area contributed by atoms with E-state index < -0.39 is 11.7 Å². The van der Waals surface area contributed by atoms with Crippen molar-refractivity contribution in [2.24, 2.45) is 5.41 Å². The van der Waals surface area contributed by atoms with Crippen molar-refractivity contribution >= 4 is 0 Å². The number of aliphatic hydroxyl groups is 2. The Hall–Kier alpha value is -0.0800. The second-order valence-electron chi connectivity index (χ2n) is 3.93. The van der Waals surface area contributed by atoms with Crippen molar-refractivity contribution in [3.8, 4) is 0 Å². The van der Waals surface area contributed by atoms with Crippen molar-refractivity contribution < 1.29 is 10.2 Å². The Morgan fingerprint density at radius 2 is 1.80 bits per heavy atom. The maximum Gasteiger partial charge on any atom is 0.0725 e. The summed E-state index contributed by atoms with van der Waals surface area (Å²) in [4.78, 5) is 0. The average Bonchev–Trinajstić information content (AvgIpc) is 2.48. The number of hydrogen-bond acceptors (Lipinski definition) is 2. The van der Waals surface area contributed by atoms with Gasteiger partial charge in [-0.05, 0) is 19.8 Å². The van der Waals surface area contributed by atoms with Crippen molar-refractivity contribution in [3.05, 3.63) is 0 Å². The van der Waals surface area contributed by atoms with E-state index in [2.05, 4.69) is 0 Å². The molecule has 2 nitrogen and oxygen atoms in total. The molecule has 2 N–H and O–H groups in total. The van der Waals surface area contributed by atoms with Gasteiger partial charge in [0.25, 0.3) is 0 Å². The number of rotatable bonds is 2. The van der Waals surface area contributed by atoms with Crippen LogP contribution >= 0.6 is 0 Å². The fourth-order valence-corrected chi connectivity index (χ4v) is 1.15. The Morgan fingerprint density at radius 3 is 1.90 bits per heavy atom. The summed E-state index contributed by atoms with van der Waals surface area (Å²) in [6.45, 7) is 5.55. The van der Waals surface area contributed by atoms with E-state index in [0.29, 0.717) is 0 Å². The molecule has 1 rings (SSSR count). The van der Waals surface area contributed by atoms with Gasteiger partial charge >= 0.3 is 0 Å². The smallest absolute Gasteiger partial charge is 0.0725 e. The molecule has 10 heavy (non-hydrogen) atoms. The van der Waals surface area contributed by atoms with Crippen LogP contribution in [0.3, 0.4) is 0 Å². The molecule has 0 radical (unpaired) electrons. The highest BCUT2D eigenvalue weighted by Crippen LogP contribution is 2.51. The first-order chi connectivity index (χ1) is 4.40. The van der Waals surface area contributed by atoms with E-state index in [0.717, 1.165) is 12.8 Å². The SMILES string of the molecule is CC(O)C(C)(C)C1(O)CC1. The van der Waals surface area contributed by atoms with E-state index in [1.807, 2.05) is 13.8 Å². The topological polar surface area (TPSA) is 40.5 Å². The highest BCUT2D eigenvalue weighted by Gasteiger charge is 2.55. The first-order valence-corrected chi connectivity index (χ1v) is 3.80. The van der Waals surface area contributed by atoms with E-state index in [9.17, 15) is 10.2 Å². The van der Waals surface area contributed by atoms with Gasteiger partial charge in [0.1, 0.15) is 0 Å². The monoisotopic (exact) mass is 144 g/mol. The molecule has 0 saturated heterocycles. The van der Waals surface area contributed by atoms with Crippen LogP contribution in [0.1, 0.15) is 33.6 Å². The van der Waals surface area contributed by atoms with Gasteiger partial charge in [0.05, 0.1) is 11.7 Å². The van der Waals surface area contributed by atoms with Crippen molar-refractivity contribution in [1.29, 1.82) is 0 Å². The van der Waals surface area contributed by atoms with E-state index >= 15 is 0 Å². The fraction of sp³-hybridized carbons (Fsp3) is 1.00. The summed E-state index contributed by atoms with van der Waals surface area (Å²) in [6, 6.07) is 0. The largest absolute Gasteiger partial charge is 0.393 e. The molecule has 1 atom stereocenters. The maximum atomic E-state index is 9.67. The van der Waals surface area contributed by atoms with Gasteiger partial charge in [-0.1, -0.05) is 13.8 Å². The average molecular weight is 144 g/mol. The predicted molar refractivity (Wildman–Crippen MR) is 39.6 cm³/mol. The third-order valence-corrected chi connectivity index (χ3v) is 2.97. The van der Waals surface area contributed by atoms with Crippen LogP contribution in [0, 0.1) is 5.41 Å². The minimum atomic E-state index is -0.582. The van der Waals surface area contributed by atoms with Crippen LogP contribution in [0.5, 0.6) is 0 Å². The molecule has 0 aliphatic heterocycles. The van der Waals surface area contributed by atoms with Crippen molar-refractivity contribution in [2.45, 2.75) is 45.3 Å². The molecule has 0 bridgehead atoms. The highest BCUT2D eigenvalue weighted by atomic mass is 16.3. The number of aliphatic hydroxyl groups excluding tert-OH is 1. The molecule has 1 unspecified atom stereocenters. The van der Waals surface area contributed by atoms with Gasteiger partial charge in [0.15, 0.2) is 0 Å². The van der Waals surface area contributed by atoms with Gasteiger partial charge in [0, 0.05) is 5.41 Å². The van der Waals surface area contributed by atoms with Crippen LogP contribution in [-0.2, 0) is 0 Å². The van der Waals surface area contributed by atoms with E-state index in [-0.39, 0.29) is 5.41 Å². The minimum absolute atomic E-state index is 0.340. The zero-order valence-corrected chi connectivity index (χ0v) is 6.89. The molecule has 0 aromatic heterocycles. The van der Waals surface area contributed by atoms with Gasteiger partial charge < -0.3 is 10.2 Å². The lowest BCUT2D eigenvalue weighted by molar-refractivity contribution is -0.0558. The van der Waals surface area contributed by atoms with Crippen LogP contribution in [0.15, 0.2) is 0 Å². The first-order valence-electron chi connectivity index (χ1n) is 3.80. The standard InChI is InChI=1S/C8H16O2/c1-6(9)7(2,3)8(10)4-5-8/h6,9-10H,4-5H2,1-3H3. The summed E-state index contributed by atoms with van der Waals surface area (Å²) >= 11 is 0. The Labute approximate surface area is 61.9 Å². The second kappa shape index (κ2) is 1.95. The lowest BCUT2D eigenvalue weighted by atomic mass is 9.79. The van der Waals surface area contributed by atoms with Crippen LogP contribution in [0.4, 0.5) is 0 Å². The van der Waals surface area contributed by atoms with Crippen LogP contribution in [-0.4, -0.2) is 21.9 Å². The molecule has 2 heteroatoms. The van der Waals surface area contributed by atoms with Crippen molar-refractivity contribution in [1.82, 2.24) is 0 Å². The van der Waals surface area contributed by atoms with Gasteiger partial charge in [-0.2, -0.15) is 0 Å². The Kier molecular flexibility index (Phi) is 1.57. The van der Waals surface area contributed by atoms with Gasteiger partial charge in [-0.3, -0.25) is 0 Å². The summed E-state index contributed by atoms with van der Waals surface area (Å²) in [7, 11) is 0. The zero-order chi connectivity index (χ0) is 7.99. The zero-order valence-electron chi connectivity index (χ0n) is 6.89. The fourth-order valence-electron chi connectivity index (χ4n) is 1.15. The first kappa shape index (κ1) is 8.02. The van der Waals surface area contributed by atoms with E-state index in [1.54, 1.807) is 6.92 Å². The van der Waals surface area contributed by atoms with Gasteiger partial charge in [-0.15, -0.1) is 0 Å². The third-order valence-electron chi connectivity index (χ3n) is 2.97.